The number of nitrogens with zero attached hydrogens (tertiary/aromatic N) is 3. The number of piperidine rings is 1. The van der Waals surface area contributed by atoms with Crippen molar-refractivity contribution in [2.45, 2.75) is 32.6 Å². The summed E-state index contributed by atoms with van der Waals surface area (Å²) in [4.78, 5) is 22.4. The third-order valence-electron chi connectivity index (χ3n) is 5.11. The van der Waals surface area contributed by atoms with Crippen LogP contribution in [0.3, 0.4) is 0 Å². The van der Waals surface area contributed by atoms with E-state index in [-0.39, 0.29) is 17.6 Å². The zero-order valence-corrected chi connectivity index (χ0v) is 16.4. The number of carbonyl (C=O) groups is 1. The van der Waals surface area contributed by atoms with Crippen LogP contribution in [0.1, 0.15) is 31.0 Å². The standard InChI is InChI=1S/C21H27FN4O2/c1-3-18-20(22)21(25-14-24-18)26-10-4-5-16(13-26)12-23-19(27)11-15-6-8-17(28-2)9-7-15/h6-9,14,16H,3-5,10-13H2,1-2H3,(H,23,27)/t16-/m1/s1. The van der Waals surface area contributed by atoms with Gasteiger partial charge in [-0.1, -0.05) is 19.1 Å². The summed E-state index contributed by atoms with van der Waals surface area (Å²) in [5.41, 5.74) is 1.39. The Morgan fingerprint density at radius 3 is 2.82 bits per heavy atom. The van der Waals surface area contributed by atoms with E-state index >= 15 is 0 Å². The maximum atomic E-state index is 14.5. The van der Waals surface area contributed by atoms with Crippen molar-refractivity contribution in [3.63, 3.8) is 0 Å². The lowest BCUT2D eigenvalue weighted by atomic mass is 9.97. The van der Waals surface area contributed by atoms with Gasteiger partial charge in [-0.2, -0.15) is 0 Å². The van der Waals surface area contributed by atoms with Crippen LogP contribution in [0, 0.1) is 11.7 Å². The lowest BCUT2D eigenvalue weighted by molar-refractivity contribution is -0.120. The number of methoxy groups -OCH3 is 1. The number of ether oxygens (including phenoxy) is 1. The van der Waals surface area contributed by atoms with Gasteiger partial charge < -0.3 is 15.0 Å². The molecule has 3 rings (SSSR count). The first-order chi connectivity index (χ1) is 13.6. The van der Waals surface area contributed by atoms with Crippen LogP contribution in [0.2, 0.25) is 0 Å². The fraction of sp³-hybridized carbons (Fsp3) is 0.476. The largest absolute Gasteiger partial charge is 0.497 e. The van der Waals surface area contributed by atoms with E-state index in [1.165, 1.54) is 6.33 Å². The quantitative estimate of drug-likeness (QED) is 0.793. The molecule has 0 spiro atoms. The Morgan fingerprint density at radius 1 is 1.32 bits per heavy atom. The molecule has 1 aromatic carbocycles. The van der Waals surface area contributed by atoms with Crippen LogP contribution in [-0.4, -0.2) is 42.6 Å². The van der Waals surface area contributed by atoms with Crippen molar-refractivity contribution in [1.82, 2.24) is 15.3 Å². The van der Waals surface area contributed by atoms with E-state index in [4.69, 9.17) is 4.74 Å². The lowest BCUT2D eigenvalue weighted by Crippen LogP contribution is -2.42. The average molecular weight is 386 g/mol. The van der Waals surface area contributed by atoms with E-state index in [0.29, 0.717) is 37.4 Å². The van der Waals surface area contributed by atoms with Gasteiger partial charge in [0.1, 0.15) is 12.1 Å². The highest BCUT2D eigenvalue weighted by atomic mass is 19.1. The molecule has 150 valence electrons. The molecule has 2 heterocycles. The van der Waals surface area contributed by atoms with Gasteiger partial charge in [0.25, 0.3) is 0 Å². The van der Waals surface area contributed by atoms with Gasteiger partial charge in [-0.25, -0.2) is 14.4 Å². The molecule has 1 aromatic heterocycles. The number of nitrogens with one attached hydrogen (secondary N) is 1. The van der Waals surface area contributed by atoms with Crippen molar-refractivity contribution < 1.29 is 13.9 Å². The highest BCUT2D eigenvalue weighted by Crippen LogP contribution is 2.24. The molecule has 1 aliphatic rings. The van der Waals surface area contributed by atoms with Crippen LogP contribution in [-0.2, 0) is 17.6 Å². The number of benzene rings is 1. The smallest absolute Gasteiger partial charge is 0.224 e. The monoisotopic (exact) mass is 386 g/mol. The molecule has 0 aliphatic carbocycles. The van der Waals surface area contributed by atoms with E-state index < -0.39 is 0 Å². The topological polar surface area (TPSA) is 67.4 Å². The third kappa shape index (κ3) is 4.97. The van der Waals surface area contributed by atoms with Crippen molar-refractivity contribution in [2.24, 2.45) is 5.92 Å². The second-order valence-electron chi connectivity index (χ2n) is 7.09. The van der Waals surface area contributed by atoms with Crippen molar-refractivity contribution >= 4 is 11.7 Å². The summed E-state index contributed by atoms with van der Waals surface area (Å²) < 4.78 is 19.7. The molecule has 7 heteroatoms. The number of hydrogen-bond donors (Lipinski definition) is 1. The van der Waals surface area contributed by atoms with Crippen LogP contribution < -0.4 is 15.0 Å². The summed E-state index contributed by atoms with van der Waals surface area (Å²) in [5.74, 6) is 1.08. The Bertz CT molecular complexity index is 797. The Kier molecular flexibility index (Phi) is 6.79. The number of anilines is 1. The van der Waals surface area contributed by atoms with Crippen LogP contribution in [0.25, 0.3) is 0 Å². The van der Waals surface area contributed by atoms with Crippen LogP contribution in [0.15, 0.2) is 30.6 Å². The van der Waals surface area contributed by atoms with E-state index in [1.807, 2.05) is 36.1 Å². The van der Waals surface area contributed by atoms with Crippen molar-refractivity contribution in [2.75, 3.05) is 31.6 Å². The molecule has 1 atom stereocenters. The van der Waals surface area contributed by atoms with Gasteiger partial charge in [-0.3, -0.25) is 4.79 Å². The van der Waals surface area contributed by atoms with Gasteiger partial charge >= 0.3 is 0 Å². The number of aromatic nitrogens is 2. The zero-order chi connectivity index (χ0) is 19.9. The maximum Gasteiger partial charge on any atom is 0.224 e. The second-order valence-corrected chi connectivity index (χ2v) is 7.09. The van der Waals surface area contributed by atoms with Gasteiger partial charge in [0, 0.05) is 19.6 Å². The van der Waals surface area contributed by atoms with E-state index in [0.717, 1.165) is 30.7 Å². The number of carbonyl (C=O) groups excluding carboxylic acids is 1. The fourth-order valence-corrected chi connectivity index (χ4v) is 3.54. The van der Waals surface area contributed by atoms with Crippen LogP contribution in [0.5, 0.6) is 5.75 Å². The molecule has 6 nitrogen and oxygen atoms in total. The van der Waals surface area contributed by atoms with E-state index in [9.17, 15) is 9.18 Å². The molecule has 0 bridgehead atoms. The first kappa shape index (κ1) is 20.0. The van der Waals surface area contributed by atoms with Crippen molar-refractivity contribution in [1.29, 1.82) is 0 Å². The Labute approximate surface area is 165 Å². The summed E-state index contributed by atoms with van der Waals surface area (Å²) in [6, 6.07) is 7.48. The summed E-state index contributed by atoms with van der Waals surface area (Å²) >= 11 is 0. The normalized spacial score (nSPS) is 16.7. The minimum Gasteiger partial charge on any atom is -0.497 e. The van der Waals surface area contributed by atoms with Gasteiger partial charge in [-0.05, 0) is 42.9 Å². The molecule has 0 radical (unpaired) electrons. The summed E-state index contributed by atoms with van der Waals surface area (Å²) in [7, 11) is 1.62. The molecule has 1 amide bonds. The minimum absolute atomic E-state index is 0.0104. The number of hydrogen-bond acceptors (Lipinski definition) is 5. The fourth-order valence-electron chi connectivity index (χ4n) is 3.54. The van der Waals surface area contributed by atoms with E-state index in [2.05, 4.69) is 15.3 Å². The average Bonchev–Trinajstić information content (AvgIpc) is 2.73. The van der Waals surface area contributed by atoms with Crippen LogP contribution >= 0.6 is 0 Å². The number of aryl methyl sites for hydroxylation is 1. The third-order valence-corrected chi connectivity index (χ3v) is 5.11. The zero-order valence-electron chi connectivity index (χ0n) is 16.4. The minimum atomic E-state index is -0.325. The Hall–Kier alpha value is -2.70. The molecular formula is C21H27FN4O2. The molecule has 1 N–H and O–H groups in total. The van der Waals surface area contributed by atoms with Gasteiger partial charge in [0.05, 0.1) is 19.2 Å². The molecule has 1 saturated heterocycles. The predicted octanol–water partition coefficient (Wildman–Crippen LogP) is 2.76. The number of rotatable bonds is 7. The van der Waals surface area contributed by atoms with Gasteiger partial charge in [0.15, 0.2) is 11.6 Å². The molecule has 0 unspecified atom stereocenters. The second kappa shape index (κ2) is 9.48. The molecule has 1 aliphatic heterocycles. The van der Waals surface area contributed by atoms with E-state index in [1.54, 1.807) is 7.11 Å². The molecule has 2 aromatic rings. The maximum absolute atomic E-state index is 14.5. The summed E-state index contributed by atoms with van der Waals surface area (Å²) in [6.45, 7) is 3.92. The summed E-state index contributed by atoms with van der Waals surface area (Å²) in [6.07, 6.45) is 4.26. The van der Waals surface area contributed by atoms with Crippen LogP contribution in [0.4, 0.5) is 10.2 Å². The molecule has 1 fully saturated rings. The van der Waals surface area contributed by atoms with Gasteiger partial charge in [-0.15, -0.1) is 0 Å². The number of amides is 1. The first-order valence-corrected chi connectivity index (χ1v) is 9.74. The van der Waals surface area contributed by atoms with Gasteiger partial charge in [0.2, 0.25) is 5.91 Å². The molecule has 28 heavy (non-hydrogen) atoms. The highest BCUT2D eigenvalue weighted by molar-refractivity contribution is 5.78. The SMILES string of the molecule is CCc1ncnc(N2CCC[C@H](CNC(=O)Cc3ccc(OC)cc3)C2)c1F. The highest BCUT2D eigenvalue weighted by Gasteiger charge is 2.24. The summed E-state index contributed by atoms with van der Waals surface area (Å²) in [5, 5.41) is 3.02. The first-order valence-electron chi connectivity index (χ1n) is 9.74. The van der Waals surface area contributed by atoms with Crippen molar-refractivity contribution in [3.05, 3.63) is 47.7 Å². The number of halogens is 1. The van der Waals surface area contributed by atoms with Crippen molar-refractivity contribution in [3.8, 4) is 5.75 Å². The Balaban J connectivity index is 1.52. The molecule has 0 saturated carbocycles. The Morgan fingerprint density at radius 2 is 2.11 bits per heavy atom. The lowest BCUT2D eigenvalue weighted by Gasteiger charge is -2.33. The predicted molar refractivity (Wildman–Crippen MR) is 106 cm³/mol. The molecular weight excluding hydrogens is 359 g/mol.